The molecule has 15 nitrogen and oxygen atoms in total. The highest BCUT2D eigenvalue weighted by Gasteiger charge is 2.20. The van der Waals surface area contributed by atoms with Gasteiger partial charge in [0.2, 0.25) is 29.5 Å². The Morgan fingerprint density at radius 1 is 0.458 bits per heavy atom. The molecule has 0 aromatic rings. The van der Waals surface area contributed by atoms with Crippen LogP contribution < -0.4 is 32.3 Å². The van der Waals surface area contributed by atoms with Gasteiger partial charge in [-0.3, -0.25) is 28.8 Å². The molecule has 0 aromatic heterocycles. The summed E-state index contributed by atoms with van der Waals surface area (Å²) in [6.45, 7) is -0.683. The van der Waals surface area contributed by atoms with Crippen molar-refractivity contribution in [2.75, 3.05) is 32.7 Å². The number of carboxylic acid groups (broad SMARTS) is 2. The minimum atomic E-state index is -1.21. The van der Waals surface area contributed by atoms with Crippen LogP contribution in [0.15, 0.2) is 0 Å². The van der Waals surface area contributed by atoms with E-state index in [4.69, 9.17) is 10.8 Å². The number of rotatable bonds is 32. The molecule has 0 radical (unpaired) electrons. The molecule has 276 valence electrons. The molecule has 0 fully saturated rings. The Kier molecular flexibility index (Phi) is 28.2. The minimum Gasteiger partial charge on any atom is -0.481 e. The fourth-order valence-electron chi connectivity index (χ4n) is 4.88. The van der Waals surface area contributed by atoms with Crippen molar-refractivity contribution in [1.29, 1.82) is 0 Å². The Balaban J connectivity index is 3.76. The SMILES string of the molecule is NCC(=O)NCC(=O)NCC(=O)NCCNC(=O)CC[C@H](NC(=O)CCCCCCCCCCCCCCCCCCC(=O)O)C(=O)O. The van der Waals surface area contributed by atoms with E-state index in [1.54, 1.807) is 0 Å². The van der Waals surface area contributed by atoms with Crippen molar-refractivity contribution in [3.8, 4) is 0 Å². The van der Waals surface area contributed by atoms with Crippen LogP contribution in [-0.4, -0.2) is 90.5 Å². The number of hydrogen-bond donors (Lipinski definition) is 8. The lowest BCUT2D eigenvalue weighted by atomic mass is 10.0. The first-order valence-corrected chi connectivity index (χ1v) is 17.6. The summed E-state index contributed by atoms with van der Waals surface area (Å²) >= 11 is 0. The van der Waals surface area contributed by atoms with E-state index >= 15 is 0 Å². The number of aliphatic carboxylic acids is 2. The van der Waals surface area contributed by atoms with Gasteiger partial charge in [0, 0.05) is 32.4 Å². The normalized spacial score (nSPS) is 11.3. The molecule has 0 unspecified atom stereocenters. The second-order valence-electron chi connectivity index (χ2n) is 12.0. The molecule has 0 rings (SSSR count). The van der Waals surface area contributed by atoms with Crippen molar-refractivity contribution in [2.24, 2.45) is 5.73 Å². The highest BCUT2D eigenvalue weighted by molar-refractivity contribution is 5.88. The van der Waals surface area contributed by atoms with E-state index < -0.39 is 41.6 Å². The third-order valence-electron chi connectivity index (χ3n) is 7.68. The number of amides is 5. The third kappa shape index (κ3) is 29.6. The molecule has 0 saturated carbocycles. The molecule has 9 N–H and O–H groups in total. The Morgan fingerprint density at radius 2 is 0.854 bits per heavy atom. The molecule has 0 saturated heterocycles. The van der Waals surface area contributed by atoms with Gasteiger partial charge in [0.1, 0.15) is 6.04 Å². The van der Waals surface area contributed by atoms with E-state index in [1.165, 1.54) is 57.8 Å². The van der Waals surface area contributed by atoms with Gasteiger partial charge in [-0.05, 0) is 19.3 Å². The number of carbonyl (C=O) groups is 7. The molecule has 5 amide bonds. The molecule has 1 atom stereocenters. The van der Waals surface area contributed by atoms with Crippen molar-refractivity contribution in [3.05, 3.63) is 0 Å². The first kappa shape index (κ1) is 44.2. The van der Waals surface area contributed by atoms with Gasteiger partial charge in [0.15, 0.2) is 0 Å². The van der Waals surface area contributed by atoms with E-state index in [9.17, 15) is 38.7 Å². The highest BCUT2D eigenvalue weighted by Crippen LogP contribution is 2.14. The summed E-state index contributed by atoms with van der Waals surface area (Å²) in [7, 11) is 0. The maximum Gasteiger partial charge on any atom is 0.326 e. The van der Waals surface area contributed by atoms with Crippen LogP contribution in [0.1, 0.15) is 128 Å². The number of nitrogens with two attached hydrogens (primary N) is 1. The number of unbranched alkanes of at least 4 members (excludes halogenated alkanes) is 15. The summed E-state index contributed by atoms with van der Waals surface area (Å²) < 4.78 is 0. The van der Waals surface area contributed by atoms with Gasteiger partial charge in [0.25, 0.3) is 0 Å². The van der Waals surface area contributed by atoms with Crippen molar-refractivity contribution < 1.29 is 43.8 Å². The second-order valence-corrected chi connectivity index (χ2v) is 12.0. The van der Waals surface area contributed by atoms with Crippen LogP contribution in [0.5, 0.6) is 0 Å². The molecule has 0 aliphatic rings. The van der Waals surface area contributed by atoms with Gasteiger partial charge in [-0.1, -0.05) is 89.9 Å². The number of carboxylic acids is 2. The zero-order chi connectivity index (χ0) is 35.8. The lowest BCUT2D eigenvalue weighted by molar-refractivity contribution is -0.142. The van der Waals surface area contributed by atoms with E-state index in [1.807, 2.05) is 0 Å². The highest BCUT2D eigenvalue weighted by atomic mass is 16.4. The van der Waals surface area contributed by atoms with Gasteiger partial charge >= 0.3 is 11.9 Å². The van der Waals surface area contributed by atoms with Gasteiger partial charge < -0.3 is 42.5 Å². The summed E-state index contributed by atoms with van der Waals surface area (Å²) in [4.78, 5) is 80.7. The van der Waals surface area contributed by atoms with Crippen molar-refractivity contribution in [3.63, 3.8) is 0 Å². The maximum absolute atomic E-state index is 12.3. The van der Waals surface area contributed by atoms with Crippen LogP contribution in [0.25, 0.3) is 0 Å². The van der Waals surface area contributed by atoms with Crippen LogP contribution in [0.2, 0.25) is 0 Å². The second kappa shape index (κ2) is 30.6. The zero-order valence-corrected chi connectivity index (χ0v) is 28.6. The maximum atomic E-state index is 12.3. The predicted octanol–water partition coefficient (Wildman–Crippen LogP) is 1.87. The zero-order valence-electron chi connectivity index (χ0n) is 28.6. The van der Waals surface area contributed by atoms with Crippen LogP contribution in [-0.2, 0) is 33.6 Å². The summed E-state index contributed by atoms with van der Waals surface area (Å²) in [5.41, 5.74) is 5.11. The fraction of sp³-hybridized carbons (Fsp3) is 0.788. The van der Waals surface area contributed by atoms with Crippen LogP contribution in [0.3, 0.4) is 0 Å². The van der Waals surface area contributed by atoms with Gasteiger partial charge in [0.05, 0.1) is 19.6 Å². The number of nitrogens with one attached hydrogen (secondary N) is 5. The smallest absolute Gasteiger partial charge is 0.326 e. The Morgan fingerprint density at radius 3 is 1.29 bits per heavy atom. The minimum absolute atomic E-state index is 0.0673. The predicted molar refractivity (Wildman–Crippen MR) is 181 cm³/mol. The third-order valence-corrected chi connectivity index (χ3v) is 7.68. The first-order chi connectivity index (χ1) is 23.0. The van der Waals surface area contributed by atoms with E-state index in [0.29, 0.717) is 6.42 Å². The number of carbonyl (C=O) groups excluding carboxylic acids is 5. The quantitative estimate of drug-likeness (QED) is 0.0478. The largest absolute Gasteiger partial charge is 0.481 e. The Labute approximate surface area is 284 Å². The molecular weight excluding hydrogens is 624 g/mol. The summed E-state index contributed by atoms with van der Waals surface area (Å²) in [5, 5.41) is 30.2. The monoisotopic (exact) mass is 684 g/mol. The average molecular weight is 685 g/mol. The van der Waals surface area contributed by atoms with Crippen molar-refractivity contribution in [1.82, 2.24) is 26.6 Å². The molecule has 0 spiro atoms. The Bertz CT molecular complexity index is 964. The van der Waals surface area contributed by atoms with Gasteiger partial charge in [-0.25, -0.2) is 4.79 Å². The molecular formula is C33H60N6O9. The number of hydrogen-bond acceptors (Lipinski definition) is 8. The lowest BCUT2D eigenvalue weighted by Crippen LogP contribution is -2.44. The lowest BCUT2D eigenvalue weighted by Gasteiger charge is -2.14. The van der Waals surface area contributed by atoms with Crippen LogP contribution in [0.4, 0.5) is 0 Å². The van der Waals surface area contributed by atoms with E-state index in [2.05, 4.69) is 26.6 Å². The van der Waals surface area contributed by atoms with E-state index in [0.717, 1.165) is 38.5 Å². The van der Waals surface area contributed by atoms with Crippen molar-refractivity contribution >= 4 is 41.5 Å². The summed E-state index contributed by atoms with van der Waals surface area (Å²) in [6, 6.07) is -1.17. The fourth-order valence-corrected chi connectivity index (χ4v) is 4.88. The van der Waals surface area contributed by atoms with Crippen LogP contribution in [0, 0.1) is 0 Å². The molecule has 0 aliphatic carbocycles. The summed E-state index contributed by atoms with van der Waals surface area (Å²) in [6.07, 6.45) is 18.1. The van der Waals surface area contributed by atoms with E-state index in [-0.39, 0.29) is 64.3 Å². The summed E-state index contributed by atoms with van der Waals surface area (Å²) in [5.74, 6) is -4.24. The molecule has 0 bridgehead atoms. The standard InChI is InChI=1S/C33H60N6O9/c34-23-29(42)37-25-31(44)38-24-30(43)36-22-21-35-27(40)20-19-26(33(47)48)39-28(41)17-15-13-11-9-7-5-3-1-2-4-6-8-10-12-14-16-18-32(45)46/h26H,1-25,34H2,(H,35,40)(H,36,43)(H,37,42)(H,38,44)(H,39,41)(H,45,46)(H,47,48)/t26-/m0/s1. The average Bonchev–Trinajstić information content (AvgIpc) is 3.05. The van der Waals surface area contributed by atoms with Gasteiger partial charge in [-0.2, -0.15) is 0 Å². The topological polar surface area (TPSA) is 246 Å². The molecule has 48 heavy (non-hydrogen) atoms. The Hall–Kier alpha value is -3.75. The molecule has 0 heterocycles. The molecule has 15 heteroatoms. The van der Waals surface area contributed by atoms with Crippen molar-refractivity contribution in [2.45, 2.75) is 134 Å². The molecule has 0 aliphatic heterocycles. The first-order valence-electron chi connectivity index (χ1n) is 17.6. The molecule has 0 aromatic carbocycles. The van der Waals surface area contributed by atoms with Gasteiger partial charge in [-0.15, -0.1) is 0 Å². The van der Waals surface area contributed by atoms with Crippen LogP contribution >= 0.6 is 0 Å².